The number of para-hydroxylation sites is 1. The third kappa shape index (κ3) is 4.17. The zero-order chi connectivity index (χ0) is 14.4. The smallest absolute Gasteiger partial charge is 0.387 e. The number of halogens is 2. The molecule has 1 atom stereocenters. The molecule has 1 unspecified atom stereocenters. The summed E-state index contributed by atoms with van der Waals surface area (Å²) >= 11 is 0. The number of alkyl halides is 2. The summed E-state index contributed by atoms with van der Waals surface area (Å²) in [6.45, 7) is -0.657. The van der Waals surface area contributed by atoms with Crippen LogP contribution < -0.4 is 10.5 Å². The lowest BCUT2D eigenvalue weighted by atomic mass is 10.1. The van der Waals surface area contributed by atoms with Crippen LogP contribution in [-0.2, 0) is 0 Å². The number of ether oxygens (including phenoxy) is 1. The lowest BCUT2D eigenvalue weighted by Crippen LogP contribution is -2.36. The maximum absolute atomic E-state index is 12.3. The number of hydrogen-bond acceptors (Lipinski definition) is 3. The van der Waals surface area contributed by atoms with E-state index in [0.29, 0.717) is 13.0 Å². The predicted molar refractivity (Wildman–Crippen MR) is 68.3 cm³/mol. The molecule has 106 valence electrons. The molecule has 0 bridgehead atoms. The van der Waals surface area contributed by atoms with E-state index in [0.717, 1.165) is 0 Å². The van der Waals surface area contributed by atoms with Crippen LogP contribution in [0.3, 0.4) is 0 Å². The van der Waals surface area contributed by atoms with E-state index in [1.165, 1.54) is 23.1 Å². The van der Waals surface area contributed by atoms with Crippen molar-refractivity contribution in [2.75, 3.05) is 13.6 Å². The summed E-state index contributed by atoms with van der Waals surface area (Å²) in [7, 11) is 1.61. The van der Waals surface area contributed by atoms with Gasteiger partial charge in [0.15, 0.2) is 0 Å². The van der Waals surface area contributed by atoms with Crippen molar-refractivity contribution in [3.05, 3.63) is 29.8 Å². The number of nitrogens with two attached hydrogens (primary N) is 1. The van der Waals surface area contributed by atoms with Crippen LogP contribution in [0.15, 0.2) is 24.3 Å². The Kier molecular flexibility index (Phi) is 5.69. The zero-order valence-corrected chi connectivity index (χ0v) is 11.0. The van der Waals surface area contributed by atoms with E-state index in [1.54, 1.807) is 13.1 Å². The number of hydrogen-bond donors (Lipinski definition) is 1. The molecule has 0 radical (unpaired) electrons. The molecule has 0 aliphatic carbocycles. The van der Waals surface area contributed by atoms with Crippen molar-refractivity contribution in [2.45, 2.75) is 26.0 Å². The topological polar surface area (TPSA) is 55.6 Å². The van der Waals surface area contributed by atoms with Crippen molar-refractivity contribution < 1.29 is 18.3 Å². The molecule has 1 aromatic carbocycles. The highest BCUT2D eigenvalue weighted by Gasteiger charge is 2.21. The quantitative estimate of drug-likeness (QED) is 0.862. The fourth-order valence-electron chi connectivity index (χ4n) is 1.67. The molecule has 0 heterocycles. The lowest BCUT2D eigenvalue weighted by Gasteiger charge is -2.25. The molecule has 4 nitrogen and oxygen atoms in total. The fraction of sp³-hybridized carbons (Fsp3) is 0.462. The van der Waals surface area contributed by atoms with Crippen LogP contribution in [0, 0.1) is 0 Å². The SMILES string of the molecule is CC(CCN)N(C)C(=O)c1ccccc1OC(F)F. The normalized spacial score (nSPS) is 12.3. The highest BCUT2D eigenvalue weighted by Crippen LogP contribution is 2.22. The second-order valence-corrected chi connectivity index (χ2v) is 4.22. The molecule has 1 amide bonds. The van der Waals surface area contributed by atoms with Crippen LogP contribution in [0.25, 0.3) is 0 Å². The third-order valence-electron chi connectivity index (χ3n) is 2.90. The first-order chi connectivity index (χ1) is 8.97. The predicted octanol–water partition coefficient (Wildman–Crippen LogP) is 2.10. The summed E-state index contributed by atoms with van der Waals surface area (Å²) in [5.41, 5.74) is 5.56. The summed E-state index contributed by atoms with van der Waals surface area (Å²) in [6, 6.07) is 5.88. The molecule has 19 heavy (non-hydrogen) atoms. The van der Waals surface area contributed by atoms with Crippen LogP contribution in [0.1, 0.15) is 23.7 Å². The monoisotopic (exact) mass is 272 g/mol. The number of carbonyl (C=O) groups excluding carboxylic acids is 1. The van der Waals surface area contributed by atoms with Gasteiger partial charge < -0.3 is 15.4 Å². The van der Waals surface area contributed by atoms with Crippen molar-refractivity contribution in [1.29, 1.82) is 0 Å². The molecular formula is C13H18F2N2O2. The van der Waals surface area contributed by atoms with Gasteiger partial charge in [-0.15, -0.1) is 0 Å². The van der Waals surface area contributed by atoms with Crippen molar-refractivity contribution >= 4 is 5.91 Å². The first-order valence-electron chi connectivity index (χ1n) is 5.98. The molecule has 0 spiro atoms. The highest BCUT2D eigenvalue weighted by molar-refractivity contribution is 5.96. The largest absolute Gasteiger partial charge is 0.434 e. The van der Waals surface area contributed by atoms with E-state index in [9.17, 15) is 13.6 Å². The van der Waals surface area contributed by atoms with Gasteiger partial charge in [-0.05, 0) is 32.0 Å². The number of rotatable bonds is 6. The second kappa shape index (κ2) is 7.04. The molecule has 0 aliphatic heterocycles. The number of nitrogens with zero attached hydrogens (tertiary/aromatic N) is 1. The van der Waals surface area contributed by atoms with Crippen LogP contribution >= 0.6 is 0 Å². The molecule has 0 fully saturated rings. The molecule has 1 aromatic rings. The van der Waals surface area contributed by atoms with Crippen molar-refractivity contribution in [3.63, 3.8) is 0 Å². The molecule has 0 saturated carbocycles. The van der Waals surface area contributed by atoms with E-state index in [2.05, 4.69) is 4.74 Å². The second-order valence-electron chi connectivity index (χ2n) is 4.22. The number of carbonyl (C=O) groups is 1. The Bertz CT molecular complexity index is 427. The fourth-order valence-corrected chi connectivity index (χ4v) is 1.67. The Hall–Kier alpha value is -1.69. The zero-order valence-electron chi connectivity index (χ0n) is 11.0. The molecule has 0 aromatic heterocycles. The molecular weight excluding hydrogens is 254 g/mol. The van der Waals surface area contributed by atoms with Gasteiger partial charge in [0, 0.05) is 13.1 Å². The maximum atomic E-state index is 12.3. The summed E-state index contributed by atoms with van der Waals surface area (Å²) < 4.78 is 28.9. The molecule has 0 saturated heterocycles. The van der Waals surface area contributed by atoms with E-state index >= 15 is 0 Å². The van der Waals surface area contributed by atoms with Crippen LogP contribution in [-0.4, -0.2) is 37.1 Å². The van der Waals surface area contributed by atoms with Gasteiger partial charge in [0.1, 0.15) is 5.75 Å². The lowest BCUT2D eigenvalue weighted by molar-refractivity contribution is -0.0502. The Labute approximate surface area is 111 Å². The van der Waals surface area contributed by atoms with Crippen molar-refractivity contribution in [1.82, 2.24) is 4.90 Å². The van der Waals surface area contributed by atoms with Gasteiger partial charge >= 0.3 is 6.61 Å². The van der Waals surface area contributed by atoms with Crippen LogP contribution in [0.2, 0.25) is 0 Å². The highest BCUT2D eigenvalue weighted by atomic mass is 19.3. The average molecular weight is 272 g/mol. The van der Waals surface area contributed by atoms with Crippen LogP contribution in [0.4, 0.5) is 8.78 Å². The van der Waals surface area contributed by atoms with E-state index < -0.39 is 6.61 Å². The van der Waals surface area contributed by atoms with Gasteiger partial charge in [-0.2, -0.15) is 8.78 Å². The Balaban J connectivity index is 2.92. The third-order valence-corrected chi connectivity index (χ3v) is 2.90. The molecule has 6 heteroatoms. The maximum Gasteiger partial charge on any atom is 0.387 e. The van der Waals surface area contributed by atoms with Gasteiger partial charge in [0.05, 0.1) is 5.56 Å². The van der Waals surface area contributed by atoms with Gasteiger partial charge in [-0.25, -0.2) is 0 Å². The first-order valence-corrected chi connectivity index (χ1v) is 5.98. The minimum atomic E-state index is -2.96. The van der Waals surface area contributed by atoms with E-state index in [4.69, 9.17) is 5.73 Å². The van der Waals surface area contributed by atoms with Crippen molar-refractivity contribution in [2.24, 2.45) is 5.73 Å². The standard InChI is InChI=1S/C13H18F2N2O2/c1-9(7-8-16)17(2)12(18)10-5-3-4-6-11(10)19-13(14)15/h3-6,9,13H,7-8,16H2,1-2H3. The minimum Gasteiger partial charge on any atom is -0.434 e. The van der Waals surface area contributed by atoms with Gasteiger partial charge in [-0.1, -0.05) is 12.1 Å². The minimum absolute atomic E-state index is 0.0721. The average Bonchev–Trinajstić information content (AvgIpc) is 2.37. The van der Waals surface area contributed by atoms with Gasteiger partial charge in [0.2, 0.25) is 0 Å². The summed E-state index contributed by atoms with van der Waals surface area (Å²) in [4.78, 5) is 13.7. The van der Waals surface area contributed by atoms with Gasteiger partial charge in [-0.3, -0.25) is 4.79 Å². The molecule has 1 rings (SSSR count). The number of amides is 1. The Morgan fingerprint density at radius 2 is 2.05 bits per heavy atom. The van der Waals surface area contributed by atoms with Crippen LogP contribution in [0.5, 0.6) is 5.75 Å². The summed E-state index contributed by atoms with van der Waals surface area (Å²) in [5.74, 6) is -0.480. The Morgan fingerprint density at radius 1 is 1.42 bits per heavy atom. The first kappa shape index (κ1) is 15.4. The molecule has 0 aliphatic rings. The van der Waals surface area contributed by atoms with E-state index in [-0.39, 0.29) is 23.3 Å². The van der Waals surface area contributed by atoms with Crippen molar-refractivity contribution in [3.8, 4) is 5.75 Å². The molecule has 2 N–H and O–H groups in total. The number of benzene rings is 1. The van der Waals surface area contributed by atoms with Gasteiger partial charge in [0.25, 0.3) is 5.91 Å². The summed E-state index contributed by atoms with van der Waals surface area (Å²) in [6.07, 6.45) is 0.639. The Morgan fingerprint density at radius 3 is 2.63 bits per heavy atom. The summed E-state index contributed by atoms with van der Waals surface area (Å²) in [5, 5.41) is 0. The van der Waals surface area contributed by atoms with E-state index in [1.807, 2.05) is 6.92 Å².